The minimum atomic E-state index is -0.646. The first-order valence-corrected chi connectivity index (χ1v) is 9.06. The number of epoxide rings is 1. The van der Waals surface area contributed by atoms with Gasteiger partial charge in [0.15, 0.2) is 11.5 Å². The van der Waals surface area contributed by atoms with Crippen molar-refractivity contribution >= 4 is 0 Å². The topological polar surface area (TPSA) is 51.2 Å². The zero-order valence-electron chi connectivity index (χ0n) is 15.0. The zero-order chi connectivity index (χ0) is 18.5. The van der Waals surface area contributed by atoms with Gasteiger partial charge in [0.1, 0.15) is 25.4 Å². The highest BCUT2D eigenvalue weighted by atomic mass is 16.6. The van der Waals surface area contributed by atoms with Crippen molar-refractivity contribution in [3.8, 4) is 11.5 Å². The summed E-state index contributed by atoms with van der Waals surface area (Å²) in [6.45, 7) is 1.48. The molecule has 4 nitrogen and oxygen atoms in total. The zero-order valence-corrected chi connectivity index (χ0v) is 15.0. The molecule has 0 spiro atoms. The van der Waals surface area contributed by atoms with Crippen LogP contribution in [0.5, 0.6) is 11.5 Å². The first kappa shape index (κ1) is 17.6. The molecule has 0 unspecified atom stereocenters. The summed E-state index contributed by atoms with van der Waals surface area (Å²) in [7, 11) is 0. The minimum absolute atomic E-state index is 0.122. The smallest absolute Gasteiger partial charge is 0.162 e. The van der Waals surface area contributed by atoms with E-state index in [9.17, 15) is 5.11 Å². The third-order valence-corrected chi connectivity index (χ3v) is 4.49. The molecule has 0 bridgehead atoms. The lowest BCUT2D eigenvalue weighted by molar-refractivity contribution is 0.136. The lowest BCUT2D eigenvalue weighted by Crippen LogP contribution is -2.06. The Balaban J connectivity index is 1.52. The molecule has 0 radical (unpaired) electrons. The average Bonchev–Trinajstić information content (AvgIpc) is 3.57. The third kappa shape index (κ3) is 4.67. The number of hydrogen-bond acceptors (Lipinski definition) is 4. The molecule has 1 saturated heterocycles. The van der Waals surface area contributed by atoms with Crippen LogP contribution in [0.4, 0.5) is 0 Å². The number of ether oxygens (including phenoxy) is 3. The maximum atomic E-state index is 10.3. The quantitative estimate of drug-likeness (QED) is 0.608. The number of rotatable bonds is 8. The van der Waals surface area contributed by atoms with E-state index in [1.165, 1.54) is 0 Å². The maximum absolute atomic E-state index is 10.3. The van der Waals surface area contributed by atoms with Crippen molar-refractivity contribution in [2.24, 2.45) is 0 Å². The molecular weight excluding hydrogens is 340 g/mol. The van der Waals surface area contributed by atoms with Gasteiger partial charge in [-0.15, -0.1) is 0 Å². The second-order valence-corrected chi connectivity index (χ2v) is 6.57. The average molecular weight is 362 g/mol. The highest BCUT2D eigenvalue weighted by Crippen LogP contribution is 2.35. The first-order chi connectivity index (χ1) is 13.3. The van der Waals surface area contributed by atoms with Crippen LogP contribution in [0.3, 0.4) is 0 Å². The summed E-state index contributed by atoms with van der Waals surface area (Å²) in [5.74, 6) is 1.27. The van der Waals surface area contributed by atoms with Gasteiger partial charge in [-0.05, 0) is 28.8 Å². The van der Waals surface area contributed by atoms with Gasteiger partial charge in [0.05, 0.1) is 6.61 Å². The molecule has 27 heavy (non-hydrogen) atoms. The van der Waals surface area contributed by atoms with Gasteiger partial charge in [0.25, 0.3) is 0 Å². The van der Waals surface area contributed by atoms with Crippen LogP contribution in [-0.2, 0) is 18.0 Å². The highest BCUT2D eigenvalue weighted by molar-refractivity contribution is 5.44. The number of hydrogen-bond donors (Lipinski definition) is 1. The monoisotopic (exact) mass is 362 g/mol. The SMILES string of the molecule is O[C@H](c1ccc(OCc2ccccc2)c(OCc2ccccc2)c1)[C@H]1CO1. The number of benzene rings is 3. The van der Waals surface area contributed by atoms with E-state index in [-0.39, 0.29) is 6.10 Å². The van der Waals surface area contributed by atoms with Crippen molar-refractivity contribution < 1.29 is 19.3 Å². The summed E-state index contributed by atoms with van der Waals surface area (Å²) in [5.41, 5.74) is 2.93. The maximum Gasteiger partial charge on any atom is 0.162 e. The van der Waals surface area contributed by atoms with E-state index in [0.29, 0.717) is 31.3 Å². The molecule has 0 saturated carbocycles. The van der Waals surface area contributed by atoms with Gasteiger partial charge in [-0.3, -0.25) is 0 Å². The fraction of sp³-hybridized carbons (Fsp3) is 0.217. The first-order valence-electron chi connectivity index (χ1n) is 9.06. The van der Waals surface area contributed by atoms with Crippen LogP contribution in [0.1, 0.15) is 22.8 Å². The van der Waals surface area contributed by atoms with Crippen molar-refractivity contribution in [2.75, 3.05) is 6.61 Å². The van der Waals surface area contributed by atoms with Crippen LogP contribution in [-0.4, -0.2) is 17.8 Å². The molecule has 4 rings (SSSR count). The van der Waals surface area contributed by atoms with Crippen LogP contribution in [0, 0.1) is 0 Å². The van der Waals surface area contributed by atoms with Crippen LogP contribution in [0.15, 0.2) is 78.9 Å². The molecule has 0 amide bonds. The molecule has 3 aromatic rings. The van der Waals surface area contributed by atoms with Gasteiger partial charge >= 0.3 is 0 Å². The van der Waals surface area contributed by atoms with Crippen molar-refractivity contribution in [3.63, 3.8) is 0 Å². The number of aliphatic hydroxyl groups is 1. The molecule has 0 aliphatic carbocycles. The predicted octanol–water partition coefficient (Wildman–Crippen LogP) is 4.28. The molecule has 1 fully saturated rings. The second-order valence-electron chi connectivity index (χ2n) is 6.57. The minimum Gasteiger partial charge on any atom is -0.485 e. The molecule has 1 aliphatic rings. The van der Waals surface area contributed by atoms with Crippen LogP contribution in [0.25, 0.3) is 0 Å². The molecule has 1 aliphatic heterocycles. The van der Waals surface area contributed by atoms with Gasteiger partial charge in [0, 0.05) is 0 Å². The van der Waals surface area contributed by atoms with Crippen LogP contribution < -0.4 is 9.47 Å². The standard InChI is InChI=1S/C23H22O4/c24-23(22-16-27-22)19-11-12-20(25-14-17-7-3-1-4-8-17)21(13-19)26-15-18-9-5-2-6-10-18/h1-13,22-24H,14-16H2/t22-,23-/m1/s1. The fourth-order valence-electron chi connectivity index (χ4n) is 2.86. The lowest BCUT2D eigenvalue weighted by Gasteiger charge is -2.16. The van der Waals surface area contributed by atoms with Crippen LogP contribution >= 0.6 is 0 Å². The summed E-state index contributed by atoms with van der Waals surface area (Å²) in [6.07, 6.45) is -0.768. The molecule has 138 valence electrons. The Hall–Kier alpha value is -2.82. The van der Waals surface area contributed by atoms with Crippen molar-refractivity contribution in [2.45, 2.75) is 25.4 Å². The predicted molar refractivity (Wildman–Crippen MR) is 103 cm³/mol. The van der Waals surface area contributed by atoms with Gasteiger partial charge in [0.2, 0.25) is 0 Å². The normalized spacial score (nSPS) is 16.6. The highest BCUT2D eigenvalue weighted by Gasteiger charge is 2.32. The fourth-order valence-corrected chi connectivity index (χ4v) is 2.86. The molecular formula is C23H22O4. The molecule has 3 aromatic carbocycles. The Morgan fingerprint density at radius 1 is 0.815 bits per heavy atom. The Morgan fingerprint density at radius 3 is 1.93 bits per heavy atom. The van der Waals surface area contributed by atoms with E-state index in [1.807, 2.05) is 78.9 Å². The third-order valence-electron chi connectivity index (χ3n) is 4.49. The van der Waals surface area contributed by atoms with E-state index in [0.717, 1.165) is 16.7 Å². The van der Waals surface area contributed by atoms with Gasteiger partial charge in [-0.25, -0.2) is 0 Å². The molecule has 2 atom stereocenters. The molecule has 1 N–H and O–H groups in total. The summed E-state index contributed by atoms with van der Waals surface area (Å²) < 4.78 is 17.2. The van der Waals surface area contributed by atoms with Gasteiger partial charge in [-0.1, -0.05) is 66.7 Å². The van der Waals surface area contributed by atoms with E-state index in [2.05, 4.69) is 0 Å². The largest absolute Gasteiger partial charge is 0.485 e. The molecule has 4 heteroatoms. The summed E-state index contributed by atoms with van der Waals surface area (Å²) >= 11 is 0. The second kappa shape index (κ2) is 8.25. The Labute approximate surface area is 158 Å². The van der Waals surface area contributed by atoms with Gasteiger partial charge < -0.3 is 19.3 Å². The van der Waals surface area contributed by atoms with Crippen molar-refractivity contribution in [3.05, 3.63) is 95.6 Å². The van der Waals surface area contributed by atoms with Gasteiger partial charge in [-0.2, -0.15) is 0 Å². The van der Waals surface area contributed by atoms with E-state index in [4.69, 9.17) is 14.2 Å². The molecule has 1 heterocycles. The Bertz CT molecular complexity index is 860. The van der Waals surface area contributed by atoms with Crippen molar-refractivity contribution in [1.82, 2.24) is 0 Å². The van der Waals surface area contributed by atoms with E-state index >= 15 is 0 Å². The van der Waals surface area contributed by atoms with E-state index in [1.54, 1.807) is 0 Å². The van der Waals surface area contributed by atoms with E-state index < -0.39 is 6.10 Å². The van der Waals surface area contributed by atoms with Crippen molar-refractivity contribution in [1.29, 1.82) is 0 Å². The number of aliphatic hydroxyl groups excluding tert-OH is 1. The summed E-state index contributed by atoms with van der Waals surface area (Å²) in [6, 6.07) is 25.5. The summed E-state index contributed by atoms with van der Waals surface area (Å²) in [5, 5.41) is 10.3. The summed E-state index contributed by atoms with van der Waals surface area (Å²) in [4.78, 5) is 0. The Morgan fingerprint density at radius 2 is 1.37 bits per heavy atom. The van der Waals surface area contributed by atoms with Crippen LogP contribution in [0.2, 0.25) is 0 Å². The molecule has 0 aromatic heterocycles. The Kier molecular flexibility index (Phi) is 5.37. The lowest BCUT2D eigenvalue weighted by atomic mass is 10.1.